The quantitative estimate of drug-likeness (QED) is 0.508. The Kier molecular flexibility index (Phi) is 4.83. The molecule has 27 heavy (non-hydrogen) atoms. The van der Waals surface area contributed by atoms with Crippen LogP contribution in [-0.2, 0) is 13.7 Å². The summed E-state index contributed by atoms with van der Waals surface area (Å²) < 4.78 is 7.58. The van der Waals surface area contributed by atoms with Crippen molar-refractivity contribution in [3.63, 3.8) is 0 Å². The number of nitrogens with zero attached hydrogens (tertiary/aromatic N) is 2. The second-order valence-electron chi connectivity index (χ2n) is 5.98. The number of hydrogen-bond donors (Lipinski definition) is 1. The number of anilines is 1. The maximum absolute atomic E-state index is 12.6. The van der Waals surface area contributed by atoms with Crippen LogP contribution in [0.25, 0.3) is 11.0 Å². The van der Waals surface area contributed by atoms with Crippen molar-refractivity contribution in [3.8, 4) is 5.75 Å². The van der Waals surface area contributed by atoms with E-state index in [2.05, 4.69) is 10.3 Å². The first-order valence-corrected chi connectivity index (χ1v) is 9.55. The summed E-state index contributed by atoms with van der Waals surface area (Å²) in [6.07, 6.45) is 0. The van der Waals surface area contributed by atoms with E-state index in [4.69, 9.17) is 16.3 Å². The highest BCUT2D eigenvalue weighted by atomic mass is 35.5. The molecule has 0 unspecified atom stereocenters. The SMILES string of the molecule is Cn1c(NC(=O)c2cc(COc3ccccc3Cl)cs2)nc2ccccc21. The fraction of sp³-hybridized carbons (Fsp3) is 0.100. The average molecular weight is 398 g/mol. The minimum atomic E-state index is -0.192. The van der Waals surface area contributed by atoms with E-state index < -0.39 is 0 Å². The van der Waals surface area contributed by atoms with Crippen molar-refractivity contribution in [2.24, 2.45) is 7.05 Å². The van der Waals surface area contributed by atoms with Gasteiger partial charge in [0.15, 0.2) is 0 Å². The van der Waals surface area contributed by atoms with E-state index >= 15 is 0 Å². The van der Waals surface area contributed by atoms with Crippen molar-refractivity contribution in [1.29, 1.82) is 0 Å². The van der Waals surface area contributed by atoms with Gasteiger partial charge in [-0.05, 0) is 35.7 Å². The molecule has 7 heteroatoms. The van der Waals surface area contributed by atoms with E-state index in [1.54, 1.807) is 6.07 Å². The van der Waals surface area contributed by atoms with Gasteiger partial charge in [0, 0.05) is 12.6 Å². The lowest BCUT2D eigenvalue weighted by molar-refractivity contribution is 0.102. The van der Waals surface area contributed by atoms with Crippen LogP contribution in [0.15, 0.2) is 60.0 Å². The summed E-state index contributed by atoms with van der Waals surface area (Å²) in [4.78, 5) is 17.6. The lowest BCUT2D eigenvalue weighted by Gasteiger charge is -2.06. The minimum absolute atomic E-state index is 0.192. The third-order valence-electron chi connectivity index (χ3n) is 4.12. The van der Waals surface area contributed by atoms with E-state index in [-0.39, 0.29) is 5.91 Å². The van der Waals surface area contributed by atoms with Gasteiger partial charge in [-0.25, -0.2) is 4.98 Å². The molecule has 136 valence electrons. The van der Waals surface area contributed by atoms with Crippen molar-refractivity contribution in [1.82, 2.24) is 9.55 Å². The first-order chi connectivity index (χ1) is 13.1. The zero-order valence-electron chi connectivity index (χ0n) is 14.5. The molecule has 0 spiro atoms. The molecule has 0 atom stereocenters. The van der Waals surface area contributed by atoms with Crippen LogP contribution in [-0.4, -0.2) is 15.5 Å². The number of imidazole rings is 1. The van der Waals surface area contributed by atoms with E-state index in [1.165, 1.54) is 11.3 Å². The van der Waals surface area contributed by atoms with E-state index in [1.807, 2.05) is 65.5 Å². The molecule has 4 rings (SSSR count). The Morgan fingerprint density at radius 3 is 2.81 bits per heavy atom. The number of aromatic nitrogens is 2. The van der Waals surface area contributed by atoms with Gasteiger partial charge in [-0.3, -0.25) is 10.1 Å². The normalized spacial score (nSPS) is 10.9. The molecule has 2 heterocycles. The Labute approximate surface area is 165 Å². The van der Waals surface area contributed by atoms with Crippen LogP contribution in [0, 0.1) is 0 Å². The van der Waals surface area contributed by atoms with Gasteiger partial charge in [-0.15, -0.1) is 11.3 Å². The largest absolute Gasteiger partial charge is 0.487 e. The Bertz CT molecular complexity index is 1120. The number of hydrogen-bond acceptors (Lipinski definition) is 4. The van der Waals surface area contributed by atoms with Crippen molar-refractivity contribution in [2.75, 3.05) is 5.32 Å². The second kappa shape index (κ2) is 7.42. The minimum Gasteiger partial charge on any atom is -0.487 e. The summed E-state index contributed by atoms with van der Waals surface area (Å²) in [5.74, 6) is 0.946. The van der Waals surface area contributed by atoms with Crippen LogP contribution >= 0.6 is 22.9 Å². The first kappa shape index (κ1) is 17.6. The van der Waals surface area contributed by atoms with Crippen molar-refractivity contribution in [2.45, 2.75) is 6.61 Å². The molecule has 0 saturated carbocycles. The third-order valence-corrected chi connectivity index (χ3v) is 5.41. The number of rotatable bonds is 5. The van der Waals surface area contributed by atoms with Crippen LogP contribution in [0.5, 0.6) is 5.75 Å². The lowest BCUT2D eigenvalue weighted by atomic mass is 10.3. The van der Waals surface area contributed by atoms with Crippen LogP contribution < -0.4 is 10.1 Å². The summed E-state index contributed by atoms with van der Waals surface area (Å²) in [5, 5.41) is 5.34. The highest BCUT2D eigenvalue weighted by Crippen LogP contribution is 2.25. The highest BCUT2D eigenvalue weighted by molar-refractivity contribution is 7.12. The number of ether oxygens (including phenoxy) is 1. The maximum atomic E-state index is 12.6. The molecule has 0 bridgehead atoms. The molecule has 2 aromatic heterocycles. The number of benzene rings is 2. The van der Waals surface area contributed by atoms with Crippen LogP contribution in [0.3, 0.4) is 0 Å². The fourth-order valence-electron chi connectivity index (χ4n) is 2.71. The van der Waals surface area contributed by atoms with Gasteiger partial charge in [-0.2, -0.15) is 0 Å². The molecule has 1 N–H and O–H groups in total. The number of carbonyl (C=O) groups excluding carboxylic acids is 1. The molecule has 0 aliphatic rings. The second-order valence-corrected chi connectivity index (χ2v) is 7.29. The molecule has 0 fully saturated rings. The van der Waals surface area contributed by atoms with Gasteiger partial charge in [0.05, 0.1) is 20.9 Å². The number of thiophene rings is 1. The number of aryl methyl sites for hydroxylation is 1. The number of amides is 1. The Morgan fingerprint density at radius 1 is 1.22 bits per heavy atom. The Balaban J connectivity index is 1.45. The van der Waals surface area contributed by atoms with Crippen LogP contribution in [0.4, 0.5) is 5.95 Å². The van der Waals surface area contributed by atoms with Gasteiger partial charge in [0.1, 0.15) is 12.4 Å². The predicted octanol–water partition coefficient (Wildman–Crippen LogP) is 5.12. The number of halogens is 1. The topological polar surface area (TPSA) is 56.2 Å². The van der Waals surface area contributed by atoms with E-state index in [9.17, 15) is 4.79 Å². The summed E-state index contributed by atoms with van der Waals surface area (Å²) in [6, 6.07) is 16.9. The molecular weight excluding hydrogens is 382 g/mol. The zero-order valence-corrected chi connectivity index (χ0v) is 16.1. The van der Waals surface area contributed by atoms with Crippen molar-refractivity contribution >= 4 is 45.8 Å². The molecule has 4 aromatic rings. The third kappa shape index (κ3) is 3.67. The molecule has 0 aliphatic heterocycles. The van der Waals surface area contributed by atoms with Gasteiger partial charge >= 0.3 is 0 Å². The molecular formula is C20H16ClN3O2S. The number of para-hydroxylation sites is 3. The zero-order chi connectivity index (χ0) is 18.8. The molecule has 1 amide bonds. The number of nitrogens with one attached hydrogen (secondary N) is 1. The van der Waals surface area contributed by atoms with E-state index in [0.717, 1.165) is 16.6 Å². The molecule has 0 aliphatic carbocycles. The lowest BCUT2D eigenvalue weighted by Crippen LogP contribution is -2.13. The van der Waals surface area contributed by atoms with Gasteiger partial charge in [0.2, 0.25) is 5.95 Å². The van der Waals surface area contributed by atoms with Crippen molar-refractivity contribution < 1.29 is 9.53 Å². The summed E-state index contributed by atoms with van der Waals surface area (Å²) in [6.45, 7) is 0.347. The summed E-state index contributed by atoms with van der Waals surface area (Å²) in [7, 11) is 1.88. The first-order valence-electron chi connectivity index (χ1n) is 8.29. The average Bonchev–Trinajstić information content (AvgIpc) is 3.27. The monoisotopic (exact) mass is 397 g/mol. The van der Waals surface area contributed by atoms with E-state index in [0.29, 0.717) is 28.2 Å². The van der Waals surface area contributed by atoms with Crippen LogP contribution in [0.2, 0.25) is 5.02 Å². The van der Waals surface area contributed by atoms with Gasteiger partial charge in [0.25, 0.3) is 5.91 Å². The molecule has 0 saturated heterocycles. The van der Waals surface area contributed by atoms with Crippen molar-refractivity contribution in [3.05, 3.63) is 75.4 Å². The maximum Gasteiger partial charge on any atom is 0.268 e. The van der Waals surface area contributed by atoms with Gasteiger partial charge < -0.3 is 9.30 Å². The Morgan fingerprint density at radius 2 is 2.00 bits per heavy atom. The number of carbonyl (C=O) groups is 1. The molecule has 5 nitrogen and oxygen atoms in total. The summed E-state index contributed by atoms with van der Waals surface area (Å²) in [5.41, 5.74) is 2.72. The predicted molar refractivity (Wildman–Crippen MR) is 109 cm³/mol. The smallest absolute Gasteiger partial charge is 0.268 e. The fourth-order valence-corrected chi connectivity index (χ4v) is 3.70. The highest BCUT2D eigenvalue weighted by Gasteiger charge is 2.14. The van der Waals surface area contributed by atoms with Crippen LogP contribution in [0.1, 0.15) is 15.2 Å². The molecule has 0 radical (unpaired) electrons. The van der Waals surface area contributed by atoms with Gasteiger partial charge in [-0.1, -0.05) is 35.9 Å². The standard InChI is InChI=1S/C20H16ClN3O2S/c1-24-16-8-4-3-7-15(16)22-20(24)23-19(25)18-10-13(12-27-18)11-26-17-9-5-2-6-14(17)21/h2-10,12H,11H2,1H3,(H,22,23,25). The molecule has 2 aromatic carbocycles. The summed E-state index contributed by atoms with van der Waals surface area (Å²) >= 11 is 7.46. The number of fused-ring (bicyclic) bond motifs is 1. The Hall–Kier alpha value is -2.83.